The van der Waals surface area contributed by atoms with E-state index in [1.807, 2.05) is 0 Å². The van der Waals surface area contributed by atoms with Gasteiger partial charge in [-0.3, -0.25) is 4.79 Å². The molecule has 0 aromatic rings. The normalized spacial score (nSPS) is 12.2. The number of hydrogen-bond donors (Lipinski definition) is 2. The van der Waals surface area contributed by atoms with Crippen LogP contribution in [-0.2, 0) is 4.79 Å². The Morgan fingerprint density at radius 1 is 1.53 bits per heavy atom. The van der Waals surface area contributed by atoms with E-state index in [4.69, 9.17) is 10.8 Å². The zero-order valence-corrected chi connectivity index (χ0v) is 10.9. The molecular formula is C13H26N2O2. The van der Waals surface area contributed by atoms with Crippen molar-refractivity contribution < 1.29 is 9.90 Å². The fourth-order valence-corrected chi connectivity index (χ4v) is 1.87. The van der Waals surface area contributed by atoms with Gasteiger partial charge in [-0.25, -0.2) is 0 Å². The summed E-state index contributed by atoms with van der Waals surface area (Å²) in [7, 11) is 0. The van der Waals surface area contributed by atoms with Crippen LogP contribution in [-0.4, -0.2) is 42.2 Å². The number of hydrogen-bond acceptors (Lipinski definition) is 3. The second-order valence-corrected chi connectivity index (χ2v) is 4.24. The number of nitrogens with zero attached hydrogens (tertiary/aromatic N) is 1. The molecular weight excluding hydrogens is 216 g/mol. The van der Waals surface area contributed by atoms with Crippen LogP contribution in [0.2, 0.25) is 0 Å². The van der Waals surface area contributed by atoms with Crippen molar-refractivity contribution in [2.75, 3.05) is 26.2 Å². The quantitative estimate of drug-likeness (QED) is 0.565. The summed E-state index contributed by atoms with van der Waals surface area (Å²) in [5.74, 6) is 0.623. The standard InChI is InChI=1S/C13H26N2O2/c1-3-9-15(10-11-16)13(17)6-5-12(4-2)7-8-14/h3,12,16H,1,4-11,14H2,2H3. The van der Waals surface area contributed by atoms with Crippen molar-refractivity contribution in [1.29, 1.82) is 0 Å². The molecule has 3 N–H and O–H groups in total. The molecule has 1 amide bonds. The van der Waals surface area contributed by atoms with Crippen LogP contribution in [0, 0.1) is 5.92 Å². The van der Waals surface area contributed by atoms with E-state index in [0.717, 1.165) is 19.3 Å². The number of rotatable bonds is 10. The van der Waals surface area contributed by atoms with Crippen molar-refractivity contribution in [2.24, 2.45) is 11.7 Å². The van der Waals surface area contributed by atoms with Crippen molar-refractivity contribution in [3.8, 4) is 0 Å². The molecule has 0 bridgehead atoms. The van der Waals surface area contributed by atoms with Gasteiger partial charge in [-0.2, -0.15) is 0 Å². The zero-order valence-electron chi connectivity index (χ0n) is 10.9. The number of carbonyl (C=O) groups is 1. The highest BCUT2D eigenvalue weighted by Crippen LogP contribution is 2.15. The molecule has 0 heterocycles. The Morgan fingerprint density at radius 3 is 2.71 bits per heavy atom. The first-order valence-corrected chi connectivity index (χ1v) is 6.39. The van der Waals surface area contributed by atoms with Crippen LogP contribution in [0.25, 0.3) is 0 Å². The minimum Gasteiger partial charge on any atom is -0.395 e. The van der Waals surface area contributed by atoms with E-state index in [2.05, 4.69) is 13.5 Å². The number of aliphatic hydroxyl groups excluding tert-OH is 1. The number of amides is 1. The fraction of sp³-hybridized carbons (Fsp3) is 0.769. The Bertz CT molecular complexity index is 219. The summed E-state index contributed by atoms with van der Waals surface area (Å²) in [6.45, 7) is 7.31. The summed E-state index contributed by atoms with van der Waals surface area (Å²) >= 11 is 0. The van der Waals surface area contributed by atoms with Gasteiger partial charge >= 0.3 is 0 Å². The molecule has 17 heavy (non-hydrogen) atoms. The van der Waals surface area contributed by atoms with E-state index in [-0.39, 0.29) is 12.5 Å². The summed E-state index contributed by atoms with van der Waals surface area (Å²) in [6, 6.07) is 0. The maximum absolute atomic E-state index is 11.9. The van der Waals surface area contributed by atoms with Gasteiger partial charge in [0.15, 0.2) is 0 Å². The maximum Gasteiger partial charge on any atom is 0.222 e. The lowest BCUT2D eigenvalue weighted by Crippen LogP contribution is -2.33. The van der Waals surface area contributed by atoms with Gasteiger partial charge in [0.1, 0.15) is 0 Å². The Kier molecular flexibility index (Phi) is 9.77. The van der Waals surface area contributed by atoms with Crippen LogP contribution in [0.1, 0.15) is 32.6 Å². The summed E-state index contributed by atoms with van der Waals surface area (Å²) < 4.78 is 0. The van der Waals surface area contributed by atoms with Crippen LogP contribution in [0.5, 0.6) is 0 Å². The van der Waals surface area contributed by atoms with Crippen LogP contribution < -0.4 is 5.73 Å². The van der Waals surface area contributed by atoms with Gasteiger partial charge in [0, 0.05) is 19.5 Å². The average molecular weight is 242 g/mol. The van der Waals surface area contributed by atoms with Crippen LogP contribution in [0.15, 0.2) is 12.7 Å². The minimum absolute atomic E-state index is 0.000410. The maximum atomic E-state index is 11.9. The molecule has 0 aromatic heterocycles. The Morgan fingerprint density at radius 2 is 2.24 bits per heavy atom. The molecule has 0 aromatic carbocycles. The van der Waals surface area contributed by atoms with E-state index in [1.165, 1.54) is 0 Å². The van der Waals surface area contributed by atoms with E-state index in [9.17, 15) is 4.79 Å². The summed E-state index contributed by atoms with van der Waals surface area (Å²) in [5, 5.41) is 8.88. The highest BCUT2D eigenvalue weighted by Gasteiger charge is 2.14. The van der Waals surface area contributed by atoms with Crippen molar-refractivity contribution in [1.82, 2.24) is 4.90 Å². The average Bonchev–Trinajstić information content (AvgIpc) is 2.33. The molecule has 0 aliphatic rings. The second-order valence-electron chi connectivity index (χ2n) is 4.24. The lowest BCUT2D eigenvalue weighted by atomic mass is 9.96. The minimum atomic E-state index is -0.000410. The van der Waals surface area contributed by atoms with Gasteiger partial charge in [-0.05, 0) is 25.3 Å². The Balaban J connectivity index is 4.06. The predicted molar refractivity (Wildman–Crippen MR) is 70.5 cm³/mol. The van der Waals surface area contributed by atoms with Crippen LogP contribution >= 0.6 is 0 Å². The van der Waals surface area contributed by atoms with Crippen LogP contribution in [0.3, 0.4) is 0 Å². The van der Waals surface area contributed by atoms with Gasteiger partial charge in [-0.1, -0.05) is 19.4 Å². The van der Waals surface area contributed by atoms with Crippen molar-refractivity contribution in [3.05, 3.63) is 12.7 Å². The molecule has 0 fully saturated rings. The lowest BCUT2D eigenvalue weighted by Gasteiger charge is -2.21. The molecule has 0 saturated heterocycles. The van der Waals surface area contributed by atoms with E-state index in [0.29, 0.717) is 32.0 Å². The molecule has 0 aliphatic carbocycles. The Hall–Kier alpha value is -0.870. The molecule has 0 rings (SSSR count). The topological polar surface area (TPSA) is 66.6 Å². The lowest BCUT2D eigenvalue weighted by molar-refractivity contribution is -0.131. The SMILES string of the molecule is C=CCN(CCO)C(=O)CCC(CC)CCN. The molecule has 4 nitrogen and oxygen atoms in total. The number of carbonyl (C=O) groups excluding carboxylic acids is 1. The van der Waals surface area contributed by atoms with E-state index >= 15 is 0 Å². The van der Waals surface area contributed by atoms with Crippen LogP contribution in [0.4, 0.5) is 0 Å². The van der Waals surface area contributed by atoms with Crippen molar-refractivity contribution in [3.63, 3.8) is 0 Å². The first-order chi connectivity index (χ1) is 8.19. The molecule has 0 aliphatic heterocycles. The fourth-order valence-electron chi connectivity index (χ4n) is 1.87. The predicted octanol–water partition coefficient (Wildman–Crippen LogP) is 1.15. The summed E-state index contributed by atoms with van der Waals surface area (Å²) in [5.41, 5.74) is 5.52. The van der Waals surface area contributed by atoms with Gasteiger partial charge in [-0.15, -0.1) is 6.58 Å². The molecule has 1 unspecified atom stereocenters. The second kappa shape index (κ2) is 10.3. The van der Waals surface area contributed by atoms with Crippen molar-refractivity contribution in [2.45, 2.75) is 32.6 Å². The van der Waals surface area contributed by atoms with Gasteiger partial charge in [0.25, 0.3) is 0 Å². The molecule has 0 saturated carbocycles. The van der Waals surface area contributed by atoms with Gasteiger partial charge in [0.2, 0.25) is 5.91 Å². The third-order valence-corrected chi connectivity index (χ3v) is 2.99. The molecule has 1 atom stereocenters. The van der Waals surface area contributed by atoms with E-state index in [1.54, 1.807) is 11.0 Å². The summed E-state index contributed by atoms with van der Waals surface area (Å²) in [6.07, 6.45) is 5.14. The van der Waals surface area contributed by atoms with Crippen molar-refractivity contribution >= 4 is 5.91 Å². The molecule has 100 valence electrons. The zero-order chi connectivity index (χ0) is 13.1. The third kappa shape index (κ3) is 7.13. The monoisotopic (exact) mass is 242 g/mol. The highest BCUT2D eigenvalue weighted by molar-refractivity contribution is 5.76. The molecule has 4 heteroatoms. The highest BCUT2D eigenvalue weighted by atomic mass is 16.3. The number of nitrogens with two attached hydrogens (primary N) is 1. The largest absolute Gasteiger partial charge is 0.395 e. The van der Waals surface area contributed by atoms with E-state index < -0.39 is 0 Å². The number of aliphatic hydroxyl groups is 1. The molecule has 0 spiro atoms. The Labute approximate surface area is 104 Å². The smallest absolute Gasteiger partial charge is 0.222 e. The van der Waals surface area contributed by atoms with Gasteiger partial charge < -0.3 is 15.7 Å². The first-order valence-electron chi connectivity index (χ1n) is 6.39. The molecule has 0 radical (unpaired) electrons. The van der Waals surface area contributed by atoms with Gasteiger partial charge in [0.05, 0.1) is 6.61 Å². The first kappa shape index (κ1) is 16.1. The summed E-state index contributed by atoms with van der Waals surface area (Å²) in [4.78, 5) is 13.5. The third-order valence-electron chi connectivity index (χ3n) is 2.99.